The first-order valence-corrected chi connectivity index (χ1v) is 4.55. The number of anilines is 1. The third-order valence-electron chi connectivity index (χ3n) is 2.28. The summed E-state index contributed by atoms with van der Waals surface area (Å²) in [7, 11) is 0. The van der Waals surface area contributed by atoms with Crippen LogP contribution in [0.5, 0.6) is 5.75 Å². The average molecular weight is 179 g/mol. The Kier molecular flexibility index (Phi) is 2.04. The Morgan fingerprint density at radius 3 is 2.77 bits per heavy atom. The summed E-state index contributed by atoms with van der Waals surface area (Å²) < 4.78 is 0. The molecule has 70 valence electrons. The molecule has 4 nitrogen and oxygen atoms in total. The van der Waals surface area contributed by atoms with E-state index in [0.29, 0.717) is 11.6 Å². The monoisotopic (exact) mass is 179 g/mol. The summed E-state index contributed by atoms with van der Waals surface area (Å²) in [6.45, 7) is 3.81. The van der Waals surface area contributed by atoms with Crippen LogP contribution in [0.2, 0.25) is 0 Å². The Labute approximate surface area is 77.2 Å². The Balaban J connectivity index is 2.32. The van der Waals surface area contributed by atoms with Crippen molar-refractivity contribution in [2.24, 2.45) is 0 Å². The molecular weight excluding hydrogens is 166 g/mol. The fraction of sp³-hybridized carbons (Fsp3) is 0.556. The first kappa shape index (κ1) is 8.29. The normalized spacial score (nSPS) is 16.5. The van der Waals surface area contributed by atoms with E-state index in [2.05, 4.69) is 14.9 Å². The first-order chi connectivity index (χ1) is 6.27. The van der Waals surface area contributed by atoms with Crippen molar-refractivity contribution >= 4 is 5.82 Å². The highest BCUT2D eigenvalue weighted by Crippen LogP contribution is 2.26. The number of hydrogen-bond acceptors (Lipinski definition) is 4. The van der Waals surface area contributed by atoms with Gasteiger partial charge in [-0.3, -0.25) is 0 Å². The summed E-state index contributed by atoms with van der Waals surface area (Å²) in [5.41, 5.74) is 0. The molecule has 1 aromatic rings. The number of aryl methyl sites for hydroxylation is 1. The lowest BCUT2D eigenvalue weighted by molar-refractivity contribution is 0.468. The van der Waals surface area contributed by atoms with Crippen LogP contribution in [-0.2, 0) is 0 Å². The third-order valence-corrected chi connectivity index (χ3v) is 2.28. The second-order valence-corrected chi connectivity index (χ2v) is 3.32. The Bertz CT molecular complexity index is 308. The number of nitrogens with zero attached hydrogens (tertiary/aromatic N) is 3. The molecule has 2 heterocycles. The van der Waals surface area contributed by atoms with Gasteiger partial charge >= 0.3 is 0 Å². The molecule has 1 aliphatic heterocycles. The van der Waals surface area contributed by atoms with E-state index in [1.165, 1.54) is 19.0 Å². The zero-order chi connectivity index (χ0) is 9.26. The topological polar surface area (TPSA) is 49.3 Å². The van der Waals surface area contributed by atoms with Crippen molar-refractivity contribution in [2.75, 3.05) is 18.0 Å². The quantitative estimate of drug-likeness (QED) is 0.701. The van der Waals surface area contributed by atoms with Gasteiger partial charge in [-0.2, -0.15) is 0 Å². The summed E-state index contributed by atoms with van der Waals surface area (Å²) in [6, 6.07) is 0. The Hall–Kier alpha value is -1.32. The fourth-order valence-corrected chi connectivity index (χ4v) is 1.61. The van der Waals surface area contributed by atoms with E-state index in [1.54, 1.807) is 0 Å². The molecule has 0 bridgehead atoms. The number of rotatable bonds is 1. The van der Waals surface area contributed by atoms with Gasteiger partial charge < -0.3 is 10.0 Å². The van der Waals surface area contributed by atoms with Gasteiger partial charge in [0.2, 0.25) is 0 Å². The smallest absolute Gasteiger partial charge is 0.177 e. The number of aromatic nitrogens is 2. The molecule has 1 aromatic heterocycles. The fourth-order valence-electron chi connectivity index (χ4n) is 1.61. The van der Waals surface area contributed by atoms with Gasteiger partial charge in [-0.25, -0.2) is 9.97 Å². The minimum atomic E-state index is 0.188. The molecule has 0 aromatic carbocycles. The van der Waals surface area contributed by atoms with Gasteiger partial charge in [-0.05, 0) is 19.8 Å². The molecule has 2 rings (SSSR count). The standard InChI is InChI=1S/C9H13N3O/c1-7-10-6-8(13)9(11-7)12-4-2-3-5-12/h6,13H,2-5H2,1H3. The molecule has 0 radical (unpaired) electrons. The van der Waals surface area contributed by atoms with Crippen LogP contribution in [0, 0.1) is 6.92 Å². The van der Waals surface area contributed by atoms with Gasteiger partial charge in [0, 0.05) is 13.1 Å². The van der Waals surface area contributed by atoms with E-state index >= 15 is 0 Å². The van der Waals surface area contributed by atoms with Crippen LogP contribution in [-0.4, -0.2) is 28.2 Å². The van der Waals surface area contributed by atoms with Crippen molar-refractivity contribution in [2.45, 2.75) is 19.8 Å². The molecule has 4 heteroatoms. The van der Waals surface area contributed by atoms with Gasteiger partial charge in [0.1, 0.15) is 5.82 Å². The third kappa shape index (κ3) is 1.56. The molecule has 1 N–H and O–H groups in total. The van der Waals surface area contributed by atoms with Crippen LogP contribution in [0.15, 0.2) is 6.20 Å². The molecule has 0 spiro atoms. The summed E-state index contributed by atoms with van der Waals surface area (Å²) in [6.07, 6.45) is 3.83. The van der Waals surface area contributed by atoms with Crippen LogP contribution in [0.3, 0.4) is 0 Å². The lowest BCUT2D eigenvalue weighted by Crippen LogP contribution is -2.19. The second-order valence-electron chi connectivity index (χ2n) is 3.32. The highest BCUT2D eigenvalue weighted by Gasteiger charge is 2.17. The van der Waals surface area contributed by atoms with Crippen LogP contribution in [0.4, 0.5) is 5.82 Å². The molecule has 1 aliphatic rings. The summed E-state index contributed by atoms with van der Waals surface area (Å²) in [5.74, 6) is 1.58. The van der Waals surface area contributed by atoms with E-state index in [0.717, 1.165) is 13.1 Å². The van der Waals surface area contributed by atoms with E-state index in [4.69, 9.17) is 0 Å². The minimum absolute atomic E-state index is 0.188. The lowest BCUT2D eigenvalue weighted by Gasteiger charge is -2.17. The van der Waals surface area contributed by atoms with Crippen molar-refractivity contribution in [3.8, 4) is 5.75 Å². The largest absolute Gasteiger partial charge is 0.503 e. The maximum absolute atomic E-state index is 9.53. The lowest BCUT2D eigenvalue weighted by atomic mass is 10.4. The molecule has 0 aliphatic carbocycles. The van der Waals surface area contributed by atoms with Gasteiger partial charge in [0.25, 0.3) is 0 Å². The van der Waals surface area contributed by atoms with Crippen LogP contribution < -0.4 is 4.90 Å². The van der Waals surface area contributed by atoms with Crippen LogP contribution >= 0.6 is 0 Å². The van der Waals surface area contributed by atoms with Crippen molar-refractivity contribution in [1.82, 2.24) is 9.97 Å². The van der Waals surface area contributed by atoms with Crippen molar-refractivity contribution in [3.05, 3.63) is 12.0 Å². The van der Waals surface area contributed by atoms with Crippen LogP contribution in [0.25, 0.3) is 0 Å². The van der Waals surface area contributed by atoms with E-state index in [9.17, 15) is 5.11 Å². The minimum Gasteiger partial charge on any atom is -0.503 e. The number of hydrogen-bond donors (Lipinski definition) is 1. The summed E-state index contributed by atoms with van der Waals surface area (Å²) in [5, 5.41) is 9.53. The van der Waals surface area contributed by atoms with Gasteiger partial charge in [-0.1, -0.05) is 0 Å². The highest BCUT2D eigenvalue weighted by molar-refractivity contribution is 5.50. The van der Waals surface area contributed by atoms with E-state index in [-0.39, 0.29) is 5.75 Å². The van der Waals surface area contributed by atoms with Crippen LogP contribution in [0.1, 0.15) is 18.7 Å². The maximum atomic E-state index is 9.53. The second kappa shape index (κ2) is 3.20. The SMILES string of the molecule is Cc1ncc(O)c(N2CCCC2)n1. The van der Waals surface area contributed by atoms with Crippen molar-refractivity contribution in [3.63, 3.8) is 0 Å². The van der Waals surface area contributed by atoms with Crippen molar-refractivity contribution < 1.29 is 5.11 Å². The predicted molar refractivity (Wildman–Crippen MR) is 49.9 cm³/mol. The highest BCUT2D eigenvalue weighted by atomic mass is 16.3. The predicted octanol–water partition coefficient (Wildman–Crippen LogP) is 1.09. The molecule has 0 amide bonds. The van der Waals surface area contributed by atoms with E-state index < -0.39 is 0 Å². The molecule has 0 unspecified atom stereocenters. The molecule has 1 fully saturated rings. The average Bonchev–Trinajstić information content (AvgIpc) is 2.61. The first-order valence-electron chi connectivity index (χ1n) is 4.55. The maximum Gasteiger partial charge on any atom is 0.177 e. The van der Waals surface area contributed by atoms with Gasteiger partial charge in [0.05, 0.1) is 6.20 Å². The Morgan fingerprint density at radius 1 is 1.38 bits per heavy atom. The molecule has 1 saturated heterocycles. The number of aromatic hydroxyl groups is 1. The molecule has 0 saturated carbocycles. The molecule has 13 heavy (non-hydrogen) atoms. The van der Waals surface area contributed by atoms with E-state index in [1.807, 2.05) is 6.92 Å². The molecule has 0 atom stereocenters. The Morgan fingerprint density at radius 2 is 2.08 bits per heavy atom. The molecular formula is C9H13N3O. The van der Waals surface area contributed by atoms with Crippen molar-refractivity contribution in [1.29, 1.82) is 0 Å². The zero-order valence-corrected chi connectivity index (χ0v) is 7.69. The summed E-state index contributed by atoms with van der Waals surface area (Å²) >= 11 is 0. The van der Waals surface area contributed by atoms with Gasteiger partial charge in [-0.15, -0.1) is 0 Å². The van der Waals surface area contributed by atoms with Gasteiger partial charge in [0.15, 0.2) is 11.6 Å². The summed E-state index contributed by atoms with van der Waals surface area (Å²) in [4.78, 5) is 10.2. The zero-order valence-electron chi connectivity index (χ0n) is 7.69.